The Morgan fingerprint density at radius 2 is 2.17 bits per heavy atom. The molecule has 0 aliphatic carbocycles. The molecule has 5 heteroatoms. The normalized spacial score (nSPS) is 14.1. The van der Waals surface area contributed by atoms with Gasteiger partial charge in [0.15, 0.2) is 0 Å². The van der Waals surface area contributed by atoms with Crippen molar-refractivity contribution in [3.8, 4) is 0 Å². The van der Waals surface area contributed by atoms with Gasteiger partial charge in [-0.1, -0.05) is 12.8 Å². The van der Waals surface area contributed by atoms with E-state index in [1.807, 2.05) is 0 Å². The SMILES string of the molecule is O=c1cc2c(nn1CCCCCCO)CCCN2. The Balaban J connectivity index is 1.94. The molecule has 1 aliphatic rings. The second kappa shape index (κ2) is 6.54. The molecule has 2 N–H and O–H groups in total. The van der Waals surface area contributed by atoms with Gasteiger partial charge in [-0.2, -0.15) is 5.10 Å². The number of aliphatic hydroxyl groups is 1. The molecule has 5 nitrogen and oxygen atoms in total. The van der Waals surface area contributed by atoms with E-state index in [0.29, 0.717) is 6.54 Å². The van der Waals surface area contributed by atoms with E-state index in [9.17, 15) is 4.79 Å². The lowest BCUT2D eigenvalue weighted by atomic mass is 10.1. The molecule has 100 valence electrons. The van der Waals surface area contributed by atoms with Gasteiger partial charge in [0, 0.05) is 25.8 Å². The van der Waals surface area contributed by atoms with Gasteiger partial charge in [-0.15, -0.1) is 0 Å². The maximum atomic E-state index is 11.8. The number of fused-ring (bicyclic) bond motifs is 1. The van der Waals surface area contributed by atoms with Crippen LogP contribution in [0.25, 0.3) is 0 Å². The summed E-state index contributed by atoms with van der Waals surface area (Å²) in [5.41, 5.74) is 1.89. The Hall–Kier alpha value is -1.36. The summed E-state index contributed by atoms with van der Waals surface area (Å²) in [5, 5.41) is 16.3. The van der Waals surface area contributed by atoms with E-state index in [1.165, 1.54) is 0 Å². The van der Waals surface area contributed by atoms with Gasteiger partial charge >= 0.3 is 0 Å². The van der Waals surface area contributed by atoms with Gasteiger partial charge in [-0.3, -0.25) is 4.79 Å². The third kappa shape index (κ3) is 3.32. The molecule has 18 heavy (non-hydrogen) atoms. The summed E-state index contributed by atoms with van der Waals surface area (Å²) < 4.78 is 1.57. The second-order valence-electron chi connectivity index (χ2n) is 4.73. The molecule has 2 rings (SSSR count). The largest absolute Gasteiger partial charge is 0.396 e. The number of aryl methyl sites for hydroxylation is 2. The molecule has 2 heterocycles. The number of hydrogen-bond acceptors (Lipinski definition) is 4. The highest BCUT2D eigenvalue weighted by Gasteiger charge is 2.12. The zero-order valence-corrected chi connectivity index (χ0v) is 10.7. The highest BCUT2D eigenvalue weighted by Crippen LogP contribution is 2.16. The van der Waals surface area contributed by atoms with Crippen LogP contribution in [0.3, 0.4) is 0 Å². The van der Waals surface area contributed by atoms with Crippen molar-refractivity contribution in [1.82, 2.24) is 9.78 Å². The van der Waals surface area contributed by atoms with E-state index < -0.39 is 0 Å². The summed E-state index contributed by atoms with van der Waals surface area (Å²) in [5.74, 6) is 0. The van der Waals surface area contributed by atoms with Crippen LogP contribution < -0.4 is 10.9 Å². The Morgan fingerprint density at radius 3 is 3.00 bits per heavy atom. The van der Waals surface area contributed by atoms with Crippen LogP contribution in [0.2, 0.25) is 0 Å². The Morgan fingerprint density at radius 1 is 1.33 bits per heavy atom. The summed E-state index contributed by atoms with van der Waals surface area (Å²) in [6, 6.07) is 1.66. The number of nitrogens with one attached hydrogen (secondary N) is 1. The predicted molar refractivity (Wildman–Crippen MR) is 70.9 cm³/mol. The first-order valence-electron chi connectivity index (χ1n) is 6.77. The molecule has 1 aromatic heterocycles. The molecule has 0 saturated carbocycles. The van der Waals surface area contributed by atoms with Crippen molar-refractivity contribution in [2.45, 2.75) is 45.1 Å². The van der Waals surface area contributed by atoms with E-state index in [-0.39, 0.29) is 12.2 Å². The van der Waals surface area contributed by atoms with E-state index in [1.54, 1.807) is 10.7 Å². The van der Waals surface area contributed by atoms with Crippen molar-refractivity contribution < 1.29 is 5.11 Å². The maximum absolute atomic E-state index is 11.8. The molecule has 0 saturated heterocycles. The lowest BCUT2D eigenvalue weighted by Crippen LogP contribution is -2.27. The van der Waals surface area contributed by atoms with E-state index >= 15 is 0 Å². The third-order valence-corrected chi connectivity index (χ3v) is 3.26. The number of aliphatic hydroxyl groups excluding tert-OH is 1. The minimum atomic E-state index is -0.0229. The van der Waals surface area contributed by atoms with Crippen molar-refractivity contribution >= 4 is 5.69 Å². The third-order valence-electron chi connectivity index (χ3n) is 3.26. The van der Waals surface area contributed by atoms with Gasteiger partial charge in [0.1, 0.15) is 0 Å². The van der Waals surface area contributed by atoms with Crippen molar-refractivity contribution in [2.24, 2.45) is 0 Å². The molecular weight excluding hydrogens is 230 g/mol. The average Bonchev–Trinajstić information content (AvgIpc) is 2.39. The van der Waals surface area contributed by atoms with Gasteiger partial charge in [-0.05, 0) is 25.7 Å². The number of rotatable bonds is 6. The lowest BCUT2D eigenvalue weighted by molar-refractivity contribution is 0.282. The van der Waals surface area contributed by atoms with Crippen LogP contribution in [0.15, 0.2) is 10.9 Å². The first-order chi connectivity index (χ1) is 8.81. The Bertz CT molecular complexity index is 442. The van der Waals surface area contributed by atoms with Gasteiger partial charge in [0.25, 0.3) is 5.56 Å². The van der Waals surface area contributed by atoms with Crippen LogP contribution in [-0.2, 0) is 13.0 Å². The second-order valence-corrected chi connectivity index (χ2v) is 4.73. The number of unbranched alkanes of at least 4 members (excludes halogenated alkanes) is 3. The molecule has 1 aromatic rings. The molecular formula is C13H21N3O2. The summed E-state index contributed by atoms with van der Waals surface area (Å²) in [6.07, 6.45) is 5.86. The molecule has 0 aromatic carbocycles. The van der Waals surface area contributed by atoms with E-state index in [0.717, 1.165) is 56.5 Å². The van der Waals surface area contributed by atoms with Crippen molar-refractivity contribution in [2.75, 3.05) is 18.5 Å². The molecule has 0 amide bonds. The summed E-state index contributed by atoms with van der Waals surface area (Å²) in [4.78, 5) is 11.8. The van der Waals surface area contributed by atoms with Gasteiger partial charge < -0.3 is 10.4 Å². The van der Waals surface area contributed by atoms with Crippen LogP contribution in [0, 0.1) is 0 Å². The van der Waals surface area contributed by atoms with Crippen LogP contribution in [-0.4, -0.2) is 28.0 Å². The lowest BCUT2D eigenvalue weighted by Gasteiger charge is -2.17. The van der Waals surface area contributed by atoms with Crippen LogP contribution in [0.5, 0.6) is 0 Å². The number of aromatic nitrogens is 2. The molecule has 0 radical (unpaired) electrons. The first-order valence-corrected chi connectivity index (χ1v) is 6.77. The molecule has 0 unspecified atom stereocenters. The monoisotopic (exact) mass is 251 g/mol. The predicted octanol–water partition coefficient (Wildman–Crippen LogP) is 1.15. The van der Waals surface area contributed by atoms with Crippen LogP contribution >= 0.6 is 0 Å². The molecule has 0 spiro atoms. The Labute approximate surface area is 107 Å². The quantitative estimate of drug-likeness (QED) is 0.744. The highest BCUT2D eigenvalue weighted by atomic mass is 16.2. The number of nitrogens with zero attached hydrogens (tertiary/aromatic N) is 2. The summed E-state index contributed by atoms with van der Waals surface area (Å²) in [7, 11) is 0. The fourth-order valence-corrected chi connectivity index (χ4v) is 2.23. The molecule has 0 atom stereocenters. The first kappa shape index (κ1) is 13.1. The van der Waals surface area contributed by atoms with Crippen molar-refractivity contribution in [3.63, 3.8) is 0 Å². The van der Waals surface area contributed by atoms with E-state index in [4.69, 9.17) is 5.11 Å². The molecule has 1 aliphatic heterocycles. The molecule has 0 fully saturated rings. The standard InChI is InChI=1S/C13H21N3O2/c17-9-4-2-1-3-8-16-13(18)10-12-11(15-16)6-5-7-14-12/h10,14,17H,1-9H2. The van der Waals surface area contributed by atoms with E-state index in [2.05, 4.69) is 10.4 Å². The minimum Gasteiger partial charge on any atom is -0.396 e. The molecule has 0 bridgehead atoms. The number of anilines is 1. The average molecular weight is 251 g/mol. The highest BCUT2D eigenvalue weighted by molar-refractivity contribution is 5.48. The van der Waals surface area contributed by atoms with Gasteiger partial charge in [-0.25, -0.2) is 4.68 Å². The zero-order chi connectivity index (χ0) is 12.8. The summed E-state index contributed by atoms with van der Waals surface area (Å²) in [6.45, 7) is 1.86. The van der Waals surface area contributed by atoms with Crippen molar-refractivity contribution in [1.29, 1.82) is 0 Å². The van der Waals surface area contributed by atoms with Crippen molar-refractivity contribution in [3.05, 3.63) is 22.1 Å². The van der Waals surface area contributed by atoms with Crippen LogP contribution in [0.4, 0.5) is 5.69 Å². The Kier molecular flexibility index (Phi) is 4.75. The fraction of sp³-hybridized carbons (Fsp3) is 0.692. The smallest absolute Gasteiger partial charge is 0.268 e. The van der Waals surface area contributed by atoms with Gasteiger partial charge in [0.05, 0.1) is 11.4 Å². The van der Waals surface area contributed by atoms with Gasteiger partial charge in [0.2, 0.25) is 0 Å². The minimum absolute atomic E-state index is 0.0229. The topological polar surface area (TPSA) is 67.2 Å². The summed E-state index contributed by atoms with van der Waals surface area (Å²) >= 11 is 0. The maximum Gasteiger partial charge on any atom is 0.268 e. The van der Waals surface area contributed by atoms with Crippen LogP contribution in [0.1, 0.15) is 37.8 Å². The fourth-order valence-electron chi connectivity index (χ4n) is 2.23. The zero-order valence-electron chi connectivity index (χ0n) is 10.7. The number of hydrogen-bond donors (Lipinski definition) is 2.